The molecule has 7 nitrogen and oxygen atoms in total. The van der Waals surface area contributed by atoms with Crippen LogP contribution in [0.15, 0.2) is 59.8 Å². The van der Waals surface area contributed by atoms with E-state index in [-0.39, 0.29) is 5.95 Å². The summed E-state index contributed by atoms with van der Waals surface area (Å²) in [7, 11) is 0. The number of hydrogen-bond donors (Lipinski definition) is 2. The highest BCUT2D eigenvalue weighted by Crippen LogP contribution is 2.32. The zero-order valence-corrected chi connectivity index (χ0v) is 18.8. The summed E-state index contributed by atoms with van der Waals surface area (Å²) in [5.41, 5.74) is 11.7. The lowest BCUT2D eigenvalue weighted by molar-refractivity contribution is 0.654. The molecule has 0 aliphatic heterocycles. The molecule has 0 atom stereocenters. The van der Waals surface area contributed by atoms with Crippen molar-refractivity contribution in [2.75, 3.05) is 11.1 Å². The van der Waals surface area contributed by atoms with E-state index in [0.717, 1.165) is 29.4 Å². The average Bonchev–Trinajstić information content (AvgIpc) is 3.18. The molecule has 2 heterocycles. The van der Waals surface area contributed by atoms with Gasteiger partial charge in [0.25, 0.3) is 0 Å². The van der Waals surface area contributed by atoms with Gasteiger partial charge in [0.2, 0.25) is 11.9 Å². The van der Waals surface area contributed by atoms with E-state index in [1.54, 1.807) is 11.8 Å². The molecule has 32 heavy (non-hydrogen) atoms. The topological polar surface area (TPSA) is 94.5 Å². The molecule has 0 saturated carbocycles. The SMILES string of the molecule is Cc1ccc(Nc2nc(N)nc(CSc3nc4c(n3-c3ccccc3)CCCC4)n2)cc1. The molecule has 5 rings (SSSR count). The fraction of sp³-hybridized carbons (Fsp3) is 0.250. The van der Waals surface area contributed by atoms with Crippen LogP contribution in [-0.4, -0.2) is 24.5 Å². The van der Waals surface area contributed by atoms with Crippen LogP contribution in [0.3, 0.4) is 0 Å². The quantitative estimate of drug-likeness (QED) is 0.411. The van der Waals surface area contributed by atoms with Crippen molar-refractivity contribution in [2.45, 2.75) is 43.5 Å². The number of para-hydroxylation sites is 1. The number of nitrogens with two attached hydrogens (primary N) is 1. The number of aryl methyl sites for hydroxylation is 2. The first kappa shape index (κ1) is 20.5. The first-order chi connectivity index (χ1) is 15.7. The third kappa shape index (κ3) is 4.45. The van der Waals surface area contributed by atoms with Crippen LogP contribution in [0.4, 0.5) is 17.6 Å². The summed E-state index contributed by atoms with van der Waals surface area (Å²) >= 11 is 1.63. The Kier molecular flexibility index (Phi) is 5.77. The van der Waals surface area contributed by atoms with Gasteiger partial charge in [0, 0.05) is 17.1 Å². The van der Waals surface area contributed by atoms with E-state index >= 15 is 0 Å². The number of nitrogens with zero attached hydrogens (tertiary/aromatic N) is 5. The van der Waals surface area contributed by atoms with E-state index in [1.807, 2.05) is 30.3 Å². The first-order valence-electron chi connectivity index (χ1n) is 10.8. The predicted molar refractivity (Wildman–Crippen MR) is 128 cm³/mol. The molecule has 162 valence electrons. The number of imidazole rings is 1. The molecule has 0 unspecified atom stereocenters. The normalized spacial score (nSPS) is 13.0. The van der Waals surface area contributed by atoms with Gasteiger partial charge in [0.05, 0.1) is 11.4 Å². The number of nitrogens with one attached hydrogen (secondary N) is 1. The van der Waals surface area contributed by atoms with Gasteiger partial charge in [-0.15, -0.1) is 0 Å². The maximum Gasteiger partial charge on any atom is 0.232 e. The molecule has 1 aliphatic carbocycles. The number of fused-ring (bicyclic) bond motifs is 1. The Morgan fingerprint density at radius 2 is 1.72 bits per heavy atom. The van der Waals surface area contributed by atoms with Gasteiger partial charge in [-0.2, -0.15) is 15.0 Å². The second-order valence-corrected chi connectivity index (χ2v) is 8.82. The van der Waals surface area contributed by atoms with E-state index in [1.165, 1.54) is 29.8 Å². The van der Waals surface area contributed by atoms with Gasteiger partial charge < -0.3 is 11.1 Å². The largest absolute Gasteiger partial charge is 0.368 e. The van der Waals surface area contributed by atoms with Gasteiger partial charge in [0.15, 0.2) is 5.16 Å². The zero-order valence-electron chi connectivity index (χ0n) is 18.0. The Labute approximate surface area is 191 Å². The van der Waals surface area contributed by atoms with Gasteiger partial charge in [-0.05, 0) is 56.9 Å². The number of aromatic nitrogens is 5. The molecule has 8 heteroatoms. The minimum absolute atomic E-state index is 0.205. The van der Waals surface area contributed by atoms with Gasteiger partial charge in [0.1, 0.15) is 5.82 Å². The molecule has 0 amide bonds. The fourth-order valence-corrected chi connectivity index (χ4v) is 4.82. The first-order valence-corrected chi connectivity index (χ1v) is 11.8. The van der Waals surface area contributed by atoms with Crippen LogP contribution < -0.4 is 11.1 Å². The Morgan fingerprint density at radius 1 is 0.938 bits per heavy atom. The molecule has 1 aliphatic rings. The van der Waals surface area contributed by atoms with Gasteiger partial charge in [-0.3, -0.25) is 4.57 Å². The smallest absolute Gasteiger partial charge is 0.232 e. The Hall–Kier alpha value is -3.39. The molecule has 0 bridgehead atoms. The van der Waals surface area contributed by atoms with E-state index in [4.69, 9.17) is 10.7 Å². The zero-order chi connectivity index (χ0) is 21.9. The number of nitrogen functional groups attached to an aromatic ring is 1. The highest BCUT2D eigenvalue weighted by atomic mass is 32.2. The monoisotopic (exact) mass is 443 g/mol. The van der Waals surface area contributed by atoms with Crippen molar-refractivity contribution in [3.05, 3.63) is 77.4 Å². The number of anilines is 3. The van der Waals surface area contributed by atoms with Crippen molar-refractivity contribution >= 4 is 29.3 Å². The van der Waals surface area contributed by atoms with Crippen LogP contribution in [0.1, 0.15) is 35.6 Å². The molecule has 0 radical (unpaired) electrons. The van der Waals surface area contributed by atoms with E-state index < -0.39 is 0 Å². The van der Waals surface area contributed by atoms with Gasteiger partial charge in [-0.25, -0.2) is 4.98 Å². The second-order valence-electron chi connectivity index (χ2n) is 7.88. The highest BCUT2D eigenvalue weighted by molar-refractivity contribution is 7.98. The van der Waals surface area contributed by atoms with Crippen LogP contribution in [0.25, 0.3) is 5.69 Å². The lowest BCUT2D eigenvalue weighted by atomic mass is 10.0. The summed E-state index contributed by atoms with van der Waals surface area (Å²) < 4.78 is 2.29. The summed E-state index contributed by atoms with van der Waals surface area (Å²) in [4.78, 5) is 18.1. The summed E-state index contributed by atoms with van der Waals surface area (Å²) in [5, 5.41) is 4.18. The number of rotatable bonds is 6. The molecular weight excluding hydrogens is 418 g/mol. The van der Waals surface area contributed by atoms with Gasteiger partial charge >= 0.3 is 0 Å². The van der Waals surface area contributed by atoms with Crippen molar-refractivity contribution in [2.24, 2.45) is 0 Å². The average molecular weight is 444 g/mol. The van der Waals surface area contributed by atoms with Crippen molar-refractivity contribution in [1.82, 2.24) is 24.5 Å². The van der Waals surface area contributed by atoms with Crippen LogP contribution in [-0.2, 0) is 18.6 Å². The van der Waals surface area contributed by atoms with Crippen LogP contribution in [0.5, 0.6) is 0 Å². The minimum Gasteiger partial charge on any atom is -0.368 e. The molecule has 0 saturated heterocycles. The van der Waals surface area contributed by atoms with E-state index in [2.05, 4.69) is 56.0 Å². The highest BCUT2D eigenvalue weighted by Gasteiger charge is 2.21. The molecule has 3 N–H and O–H groups in total. The summed E-state index contributed by atoms with van der Waals surface area (Å²) in [6, 6.07) is 18.5. The lowest BCUT2D eigenvalue weighted by Gasteiger charge is -2.15. The number of thioether (sulfide) groups is 1. The van der Waals surface area contributed by atoms with Crippen molar-refractivity contribution in [3.8, 4) is 5.69 Å². The minimum atomic E-state index is 0.205. The molecule has 0 fully saturated rings. The third-order valence-electron chi connectivity index (χ3n) is 5.45. The number of hydrogen-bond acceptors (Lipinski definition) is 7. The summed E-state index contributed by atoms with van der Waals surface area (Å²) in [5.74, 6) is 1.83. The molecule has 2 aromatic carbocycles. The summed E-state index contributed by atoms with van der Waals surface area (Å²) in [6.07, 6.45) is 4.49. The standard InChI is InChI=1S/C24H25N7S/c1-16-11-13-17(14-12-16)26-23-29-21(28-22(25)30-23)15-32-24-27-19-9-5-6-10-20(19)31(24)18-7-3-2-4-8-18/h2-4,7-8,11-14H,5-6,9-10,15H2,1H3,(H3,25,26,28,29,30). The predicted octanol–water partition coefficient (Wildman–Crippen LogP) is 4.86. The second kappa shape index (κ2) is 9.00. The third-order valence-corrected chi connectivity index (χ3v) is 6.39. The van der Waals surface area contributed by atoms with Crippen LogP contribution in [0, 0.1) is 6.92 Å². The van der Waals surface area contributed by atoms with E-state index in [9.17, 15) is 0 Å². The molecule has 0 spiro atoms. The van der Waals surface area contributed by atoms with Gasteiger partial charge in [-0.1, -0.05) is 47.7 Å². The lowest BCUT2D eigenvalue weighted by Crippen LogP contribution is -2.08. The van der Waals surface area contributed by atoms with Crippen LogP contribution >= 0.6 is 11.8 Å². The Bertz CT molecular complexity index is 1220. The molecular formula is C24H25N7S. The van der Waals surface area contributed by atoms with Crippen molar-refractivity contribution in [1.29, 1.82) is 0 Å². The van der Waals surface area contributed by atoms with E-state index in [0.29, 0.717) is 17.5 Å². The van der Waals surface area contributed by atoms with Crippen molar-refractivity contribution < 1.29 is 0 Å². The maximum atomic E-state index is 5.97. The molecule has 4 aromatic rings. The number of benzene rings is 2. The Balaban J connectivity index is 1.39. The summed E-state index contributed by atoms with van der Waals surface area (Å²) in [6.45, 7) is 2.05. The molecule has 2 aromatic heterocycles. The van der Waals surface area contributed by atoms with Crippen molar-refractivity contribution in [3.63, 3.8) is 0 Å². The van der Waals surface area contributed by atoms with Crippen LogP contribution in [0.2, 0.25) is 0 Å². The fourth-order valence-electron chi connectivity index (χ4n) is 3.91. The maximum absolute atomic E-state index is 5.97. The Morgan fingerprint density at radius 3 is 2.53 bits per heavy atom.